The zero-order valence-corrected chi connectivity index (χ0v) is 27.0. The molecule has 1 saturated heterocycles. The van der Waals surface area contributed by atoms with Crippen LogP contribution in [-0.4, -0.2) is 89.2 Å². The highest BCUT2D eigenvalue weighted by atomic mass is 31.2. The predicted octanol–water partition coefficient (Wildman–Crippen LogP) is 3.54. The lowest BCUT2D eigenvalue weighted by molar-refractivity contribution is -0.149. The number of nitrogens with one attached hydrogen (secondary N) is 3. The van der Waals surface area contributed by atoms with E-state index in [9.17, 15) is 31.9 Å². The number of ether oxygens (including phenoxy) is 3. The molecule has 0 spiro atoms. The number of methoxy groups -OCH3 is 1. The van der Waals surface area contributed by atoms with Gasteiger partial charge in [0.1, 0.15) is 12.3 Å². The molecule has 2 aromatic heterocycles. The Hall–Kier alpha value is -2.76. The fraction of sp³-hybridized carbons (Fsp3) is 0.720. The Balaban J connectivity index is 0.00000162. The summed E-state index contributed by atoms with van der Waals surface area (Å²) in [4.78, 5) is 44.7. The van der Waals surface area contributed by atoms with Crippen molar-refractivity contribution in [3.63, 3.8) is 0 Å². The van der Waals surface area contributed by atoms with Crippen molar-refractivity contribution in [1.29, 1.82) is 0 Å². The van der Waals surface area contributed by atoms with Gasteiger partial charge in [0.05, 0.1) is 37.8 Å². The van der Waals surface area contributed by atoms with Crippen LogP contribution in [0.2, 0.25) is 0 Å². The number of carbonyl (C=O) groups excluding carboxylic acids is 2. The second-order valence-corrected chi connectivity index (χ2v) is 10.6. The number of esters is 1. The van der Waals surface area contributed by atoms with Crippen molar-refractivity contribution in [3.8, 4) is 0 Å². The molecule has 1 aliphatic heterocycles. The molecule has 3 rings (SSSR count). The van der Waals surface area contributed by atoms with Crippen LogP contribution in [0.25, 0.3) is 11.2 Å². The Morgan fingerprint density at radius 1 is 1.27 bits per heavy atom. The van der Waals surface area contributed by atoms with Gasteiger partial charge in [-0.25, -0.2) is 27.6 Å². The molecule has 1 aliphatic rings. The van der Waals surface area contributed by atoms with Crippen LogP contribution in [0.1, 0.15) is 61.1 Å². The van der Waals surface area contributed by atoms with Gasteiger partial charge in [-0.3, -0.25) is 24.2 Å². The van der Waals surface area contributed by atoms with Gasteiger partial charge in [-0.05, 0) is 34.6 Å². The molecule has 0 amide bonds. The van der Waals surface area contributed by atoms with E-state index in [0.29, 0.717) is 12.4 Å². The van der Waals surface area contributed by atoms with Gasteiger partial charge in [0, 0.05) is 13.5 Å². The van der Waals surface area contributed by atoms with E-state index >= 15 is 0 Å². The first-order valence-electron chi connectivity index (χ1n) is 13.7. The van der Waals surface area contributed by atoms with E-state index in [1.54, 1.807) is 27.9 Å². The Labute approximate surface area is 254 Å². The third-order valence-electron chi connectivity index (χ3n) is 5.08. The van der Waals surface area contributed by atoms with E-state index in [0.717, 1.165) is 10.9 Å². The molecular formula is C25H44F4N7O7P. The van der Waals surface area contributed by atoms with Crippen LogP contribution >= 0.6 is 8.45 Å². The lowest BCUT2D eigenvalue weighted by Crippen LogP contribution is -2.37. The molecule has 14 nitrogen and oxygen atoms in total. The third-order valence-corrected chi connectivity index (χ3v) is 6.58. The summed E-state index contributed by atoms with van der Waals surface area (Å²) in [6, 6.07) is -0.779. The fourth-order valence-corrected chi connectivity index (χ4v) is 4.46. The SMILES string of the molecule is CC.CC(C)OC(=O)C(C)NP(NCC=O)OCC1CC(F)(F)C(n2cnc3c(=O)[nH]c(N)nc32)O1.COC(C)C.FCF. The molecule has 1 fully saturated rings. The highest BCUT2D eigenvalue weighted by molar-refractivity contribution is 7.48. The molecule has 19 heteroatoms. The van der Waals surface area contributed by atoms with Gasteiger partial charge < -0.3 is 29.3 Å². The monoisotopic (exact) mass is 661 g/mol. The standard InChI is InChI=1S/C18H26F2N7O6P.C4H10O.C2H6.CH2F2/c1-9(2)32-15(30)10(3)26-34(23-4-5-28)31-7-11-6-18(19,20)16(33-11)27-8-22-12-13(27)24-17(21)25-14(12)29;1-4(2)5-3;1-2;2-1-3/h5,8-11,16,23,26H,4,6-7H2,1-3H3,(H3,21,24,25,29);4H,1-3H3;1-2H3;1H2. The zero-order valence-electron chi connectivity index (χ0n) is 26.1. The van der Waals surface area contributed by atoms with Crippen molar-refractivity contribution in [2.45, 2.75) is 91.4 Å². The summed E-state index contributed by atoms with van der Waals surface area (Å²) in [5, 5.41) is 5.62. The number of nitrogens with two attached hydrogens (primary N) is 1. The minimum Gasteiger partial charge on any atom is -0.462 e. The highest BCUT2D eigenvalue weighted by Crippen LogP contribution is 2.44. The van der Waals surface area contributed by atoms with Crippen molar-refractivity contribution >= 4 is 37.8 Å². The summed E-state index contributed by atoms with van der Waals surface area (Å²) in [5.74, 6) is -4.11. The second-order valence-electron chi connectivity index (χ2n) is 9.19. The van der Waals surface area contributed by atoms with Crippen molar-refractivity contribution in [2.75, 3.05) is 32.9 Å². The molecule has 0 saturated carbocycles. The van der Waals surface area contributed by atoms with Crippen molar-refractivity contribution < 1.29 is 45.9 Å². The number of fused-ring (bicyclic) bond motifs is 1. The molecule has 5 N–H and O–H groups in total. The lowest BCUT2D eigenvalue weighted by atomic mass is 10.2. The molecule has 2 aromatic rings. The number of aromatic nitrogens is 4. The van der Waals surface area contributed by atoms with Crippen LogP contribution < -0.4 is 21.5 Å². The van der Waals surface area contributed by atoms with E-state index in [1.807, 2.05) is 27.7 Å². The van der Waals surface area contributed by atoms with Crippen LogP contribution in [0.15, 0.2) is 11.1 Å². The van der Waals surface area contributed by atoms with Gasteiger partial charge in [0.2, 0.25) is 19.1 Å². The Bertz CT molecular complexity index is 1170. The average molecular weight is 662 g/mol. The number of aromatic amines is 1. The second kappa shape index (κ2) is 21.1. The number of aldehydes is 1. The van der Waals surface area contributed by atoms with Crippen LogP contribution in [0, 0.1) is 0 Å². The van der Waals surface area contributed by atoms with Gasteiger partial charge in [-0.2, -0.15) is 4.98 Å². The average Bonchev–Trinajstić information content (AvgIpc) is 3.50. The molecule has 4 atom stereocenters. The Morgan fingerprint density at radius 3 is 2.39 bits per heavy atom. The summed E-state index contributed by atoms with van der Waals surface area (Å²) in [5.41, 5.74) is 4.58. The number of anilines is 1. The first-order valence-corrected chi connectivity index (χ1v) is 14.9. The quantitative estimate of drug-likeness (QED) is 0.112. The molecule has 0 bridgehead atoms. The number of nitrogens with zero attached hydrogens (tertiary/aromatic N) is 3. The van der Waals surface area contributed by atoms with Gasteiger partial charge in [-0.15, -0.1) is 0 Å². The maximum absolute atomic E-state index is 14.8. The number of nitrogen functional groups attached to an aromatic ring is 1. The molecule has 3 heterocycles. The first kappa shape index (κ1) is 41.2. The predicted molar refractivity (Wildman–Crippen MR) is 157 cm³/mol. The lowest BCUT2D eigenvalue weighted by Gasteiger charge is -2.24. The number of alkyl halides is 4. The summed E-state index contributed by atoms with van der Waals surface area (Å²) in [6.45, 7) is 10.8. The largest absolute Gasteiger partial charge is 0.462 e. The number of hydrogen-bond acceptors (Lipinski definition) is 12. The van der Waals surface area contributed by atoms with Gasteiger partial charge >= 0.3 is 5.97 Å². The highest BCUT2D eigenvalue weighted by Gasteiger charge is 2.52. The summed E-state index contributed by atoms with van der Waals surface area (Å²) >= 11 is 0. The minimum absolute atomic E-state index is 0.0857. The first-order chi connectivity index (χ1) is 20.7. The maximum Gasteiger partial charge on any atom is 0.323 e. The Morgan fingerprint density at radius 2 is 1.86 bits per heavy atom. The van der Waals surface area contributed by atoms with Crippen LogP contribution in [0.3, 0.4) is 0 Å². The number of imidazole rings is 1. The van der Waals surface area contributed by atoms with Crippen molar-refractivity contribution in [2.24, 2.45) is 0 Å². The molecule has 0 aliphatic carbocycles. The number of carbonyl (C=O) groups is 2. The number of hydrogen-bond donors (Lipinski definition) is 4. The normalized spacial score (nSPS) is 18.3. The minimum atomic E-state index is -3.33. The van der Waals surface area contributed by atoms with Gasteiger partial charge in [0.25, 0.3) is 11.5 Å². The van der Waals surface area contributed by atoms with Gasteiger partial charge in [0.15, 0.2) is 19.6 Å². The maximum atomic E-state index is 14.8. The molecule has 254 valence electrons. The number of halogens is 4. The van der Waals surface area contributed by atoms with E-state index in [2.05, 4.69) is 25.1 Å². The molecule has 0 radical (unpaired) electrons. The van der Waals surface area contributed by atoms with Crippen LogP contribution in [0.5, 0.6) is 0 Å². The molecule has 4 unspecified atom stereocenters. The Kier molecular flexibility index (Phi) is 19.7. The van der Waals surface area contributed by atoms with Gasteiger partial charge in [-0.1, -0.05) is 13.8 Å². The van der Waals surface area contributed by atoms with E-state index in [-0.39, 0.29) is 36.4 Å². The van der Waals surface area contributed by atoms with E-state index < -0.39 is 57.6 Å². The molecular weight excluding hydrogens is 617 g/mol. The summed E-state index contributed by atoms with van der Waals surface area (Å²) < 4.78 is 70.8. The van der Waals surface area contributed by atoms with Crippen LogP contribution in [0.4, 0.5) is 23.5 Å². The number of rotatable bonds is 12. The molecule has 0 aromatic carbocycles. The van der Waals surface area contributed by atoms with Crippen molar-refractivity contribution in [1.82, 2.24) is 29.7 Å². The van der Waals surface area contributed by atoms with E-state index in [4.69, 9.17) is 24.5 Å². The topological polar surface area (TPSA) is 185 Å². The number of H-pyrrole nitrogens is 1. The summed E-state index contributed by atoms with van der Waals surface area (Å²) in [6.07, 6.45) is -1.82. The fourth-order valence-electron chi connectivity index (χ4n) is 3.19. The summed E-state index contributed by atoms with van der Waals surface area (Å²) in [7, 11) is -0.0580. The van der Waals surface area contributed by atoms with Crippen LogP contribution in [-0.2, 0) is 28.3 Å². The van der Waals surface area contributed by atoms with E-state index in [1.165, 1.54) is 0 Å². The smallest absolute Gasteiger partial charge is 0.323 e. The third kappa shape index (κ3) is 13.9. The van der Waals surface area contributed by atoms with Crippen molar-refractivity contribution in [3.05, 3.63) is 16.7 Å². The zero-order chi connectivity index (χ0) is 34.0. The molecule has 44 heavy (non-hydrogen) atoms.